The summed E-state index contributed by atoms with van der Waals surface area (Å²) in [6.07, 6.45) is 8.74. The summed E-state index contributed by atoms with van der Waals surface area (Å²) in [7, 11) is 2.16. The van der Waals surface area contributed by atoms with Gasteiger partial charge in [-0.05, 0) is 48.2 Å². The Morgan fingerprint density at radius 2 is 0.812 bits per heavy atom. The Balaban J connectivity index is 1.48. The third kappa shape index (κ3) is 4.02. The smallest absolute Gasteiger partial charge is 0.0494 e. The van der Waals surface area contributed by atoms with Crippen LogP contribution in [0.2, 0.25) is 0 Å². The minimum Gasteiger partial charge on any atom is -0.344 e. The second-order valence-corrected chi connectivity index (χ2v) is 8.60. The van der Waals surface area contributed by atoms with Crippen molar-refractivity contribution in [3.8, 4) is 0 Å². The molecule has 0 amide bonds. The van der Waals surface area contributed by atoms with Gasteiger partial charge in [0.15, 0.2) is 0 Å². The molecule has 156 valence electrons. The first kappa shape index (κ1) is 20.1. The summed E-state index contributed by atoms with van der Waals surface area (Å²) >= 11 is 0. The number of rotatable bonds is 4. The Morgan fingerprint density at radius 3 is 1.22 bits per heavy atom. The molecule has 32 heavy (non-hydrogen) atoms. The van der Waals surface area contributed by atoms with Gasteiger partial charge in [0.1, 0.15) is 0 Å². The fourth-order valence-electron chi connectivity index (χ4n) is 4.18. The van der Waals surface area contributed by atoms with Crippen LogP contribution in [0.4, 0.5) is 0 Å². The van der Waals surface area contributed by atoms with Crippen LogP contribution in [0, 0.1) is 13.8 Å². The predicted molar refractivity (Wildman–Crippen MR) is 141 cm³/mol. The fourth-order valence-corrected chi connectivity index (χ4v) is 4.18. The molecule has 0 saturated carbocycles. The minimum atomic E-state index is 1.21. The molecule has 0 bridgehead atoms. The lowest BCUT2D eigenvalue weighted by Crippen LogP contribution is -1.87. The lowest BCUT2D eigenvalue weighted by atomic mass is 10.1. The van der Waals surface area contributed by atoms with Crippen LogP contribution in [0.15, 0.2) is 84.9 Å². The van der Waals surface area contributed by atoms with Crippen molar-refractivity contribution in [1.29, 1.82) is 0 Å². The molecule has 0 aliphatic heterocycles. The summed E-state index contributed by atoms with van der Waals surface area (Å²) < 4.78 is 2.30. The molecule has 0 unspecified atom stereocenters. The number of aromatic nitrogens is 1. The molecule has 1 heterocycles. The van der Waals surface area contributed by atoms with Gasteiger partial charge < -0.3 is 4.57 Å². The second-order valence-electron chi connectivity index (χ2n) is 8.60. The third-order valence-electron chi connectivity index (χ3n) is 6.15. The zero-order valence-corrected chi connectivity index (χ0v) is 18.8. The summed E-state index contributed by atoms with van der Waals surface area (Å²) in [4.78, 5) is 0. The summed E-state index contributed by atoms with van der Waals surface area (Å²) in [6, 6.07) is 30.7. The molecule has 4 aromatic carbocycles. The van der Waals surface area contributed by atoms with Crippen LogP contribution in [0.5, 0.6) is 0 Å². The molecule has 0 N–H and O–H groups in total. The first-order chi connectivity index (χ1) is 15.6. The highest BCUT2D eigenvalue weighted by molar-refractivity contribution is 6.09. The molecule has 5 aromatic rings. The van der Waals surface area contributed by atoms with Crippen LogP contribution in [0.1, 0.15) is 33.4 Å². The zero-order chi connectivity index (χ0) is 22.1. The monoisotopic (exact) mass is 413 g/mol. The zero-order valence-electron chi connectivity index (χ0n) is 18.8. The van der Waals surface area contributed by atoms with E-state index < -0.39 is 0 Å². The minimum absolute atomic E-state index is 1.21. The first-order valence-electron chi connectivity index (χ1n) is 11.1. The van der Waals surface area contributed by atoms with Crippen molar-refractivity contribution in [1.82, 2.24) is 4.57 Å². The SMILES string of the molecule is Cc1ccc(C=Cc2ccc3c4ccc(C=Cc5ccc(C)cc5)cc4n(C)c3c2)cc1. The normalized spacial score (nSPS) is 12.0. The van der Waals surface area contributed by atoms with Crippen molar-refractivity contribution < 1.29 is 0 Å². The van der Waals surface area contributed by atoms with Gasteiger partial charge in [0.25, 0.3) is 0 Å². The van der Waals surface area contributed by atoms with E-state index in [1.807, 2.05) is 0 Å². The highest BCUT2D eigenvalue weighted by Crippen LogP contribution is 2.30. The lowest BCUT2D eigenvalue weighted by Gasteiger charge is -2.01. The van der Waals surface area contributed by atoms with Gasteiger partial charge in [0, 0.05) is 28.9 Å². The van der Waals surface area contributed by atoms with Crippen LogP contribution in [0.3, 0.4) is 0 Å². The standard InChI is InChI=1S/C31H27N/c1-22-4-8-24(9-5-22)12-14-26-16-18-28-29-19-17-27(21-31(29)32(3)30(28)20-26)15-13-25-10-6-23(2)7-11-25/h4-21H,1-3H3. The molecule has 1 heteroatoms. The van der Waals surface area contributed by atoms with Crippen molar-refractivity contribution in [2.24, 2.45) is 7.05 Å². The van der Waals surface area contributed by atoms with E-state index in [1.54, 1.807) is 0 Å². The number of nitrogens with zero attached hydrogens (tertiary/aromatic N) is 1. The fraction of sp³-hybridized carbons (Fsp3) is 0.0968. The number of fused-ring (bicyclic) bond motifs is 3. The Labute approximate surface area is 190 Å². The van der Waals surface area contributed by atoms with Gasteiger partial charge in [-0.1, -0.05) is 108 Å². The first-order valence-corrected chi connectivity index (χ1v) is 11.1. The van der Waals surface area contributed by atoms with E-state index in [0.717, 1.165) is 0 Å². The summed E-state index contributed by atoms with van der Waals surface area (Å²) in [5, 5.41) is 2.59. The molecule has 0 atom stereocenters. The number of benzene rings is 4. The molecule has 0 radical (unpaired) electrons. The van der Waals surface area contributed by atoms with Gasteiger partial charge in [-0.3, -0.25) is 0 Å². The molecule has 0 aliphatic rings. The Kier molecular flexibility index (Phi) is 5.25. The number of aryl methyl sites for hydroxylation is 3. The summed E-state index contributed by atoms with van der Waals surface area (Å²) in [5.74, 6) is 0. The average molecular weight is 414 g/mol. The maximum atomic E-state index is 2.30. The topological polar surface area (TPSA) is 4.93 Å². The highest BCUT2D eigenvalue weighted by Gasteiger charge is 2.08. The van der Waals surface area contributed by atoms with Gasteiger partial charge in [-0.15, -0.1) is 0 Å². The summed E-state index contributed by atoms with van der Waals surface area (Å²) in [6.45, 7) is 4.23. The maximum absolute atomic E-state index is 2.30. The lowest BCUT2D eigenvalue weighted by molar-refractivity contribution is 1.01. The molecular formula is C31H27N. The Hall–Kier alpha value is -3.84. The van der Waals surface area contributed by atoms with Crippen molar-refractivity contribution in [3.63, 3.8) is 0 Å². The van der Waals surface area contributed by atoms with Crippen molar-refractivity contribution >= 4 is 46.1 Å². The third-order valence-corrected chi connectivity index (χ3v) is 6.15. The highest BCUT2D eigenvalue weighted by atomic mass is 14.9. The predicted octanol–water partition coefficient (Wildman–Crippen LogP) is 8.29. The van der Waals surface area contributed by atoms with E-state index in [4.69, 9.17) is 0 Å². The second kappa shape index (κ2) is 8.36. The number of hydrogen-bond acceptors (Lipinski definition) is 0. The van der Waals surface area contributed by atoms with E-state index in [1.165, 1.54) is 55.2 Å². The van der Waals surface area contributed by atoms with Gasteiger partial charge in [0.05, 0.1) is 0 Å². The quantitative estimate of drug-likeness (QED) is 0.261. The molecule has 1 nitrogen and oxygen atoms in total. The maximum Gasteiger partial charge on any atom is 0.0494 e. The molecule has 1 aromatic heterocycles. The molecule has 5 rings (SSSR count). The Morgan fingerprint density at radius 1 is 0.469 bits per heavy atom. The molecule has 0 fully saturated rings. The average Bonchev–Trinajstić information content (AvgIpc) is 3.09. The Bertz CT molecular complexity index is 1350. The van der Waals surface area contributed by atoms with Crippen LogP contribution < -0.4 is 0 Å². The molecule has 0 saturated heterocycles. The van der Waals surface area contributed by atoms with Crippen LogP contribution in [-0.2, 0) is 7.05 Å². The van der Waals surface area contributed by atoms with Gasteiger partial charge in [-0.2, -0.15) is 0 Å². The van der Waals surface area contributed by atoms with Crippen molar-refractivity contribution in [2.75, 3.05) is 0 Å². The van der Waals surface area contributed by atoms with E-state index in [9.17, 15) is 0 Å². The van der Waals surface area contributed by atoms with Crippen molar-refractivity contribution in [2.45, 2.75) is 13.8 Å². The molecular weight excluding hydrogens is 386 g/mol. The van der Waals surface area contributed by atoms with E-state index in [2.05, 4.69) is 135 Å². The molecule has 0 spiro atoms. The van der Waals surface area contributed by atoms with Gasteiger partial charge in [-0.25, -0.2) is 0 Å². The van der Waals surface area contributed by atoms with Crippen LogP contribution >= 0.6 is 0 Å². The largest absolute Gasteiger partial charge is 0.344 e. The van der Waals surface area contributed by atoms with E-state index >= 15 is 0 Å². The van der Waals surface area contributed by atoms with E-state index in [0.29, 0.717) is 0 Å². The van der Waals surface area contributed by atoms with Crippen LogP contribution in [0.25, 0.3) is 46.1 Å². The van der Waals surface area contributed by atoms with Gasteiger partial charge >= 0.3 is 0 Å². The van der Waals surface area contributed by atoms with Crippen LogP contribution in [-0.4, -0.2) is 4.57 Å². The van der Waals surface area contributed by atoms with E-state index in [-0.39, 0.29) is 0 Å². The number of hydrogen-bond donors (Lipinski definition) is 0. The molecule has 0 aliphatic carbocycles. The summed E-state index contributed by atoms with van der Waals surface area (Å²) in [5.41, 5.74) is 9.94. The van der Waals surface area contributed by atoms with Crippen molar-refractivity contribution in [3.05, 3.63) is 118 Å². The van der Waals surface area contributed by atoms with Gasteiger partial charge in [0.2, 0.25) is 0 Å².